The third-order valence-electron chi connectivity index (χ3n) is 1.98. The summed E-state index contributed by atoms with van der Waals surface area (Å²) < 4.78 is 64.6. The van der Waals surface area contributed by atoms with Crippen LogP contribution < -0.4 is 10.6 Å². The summed E-state index contributed by atoms with van der Waals surface area (Å²) in [5.41, 5.74) is -1.65. The van der Waals surface area contributed by atoms with Crippen LogP contribution in [0.1, 0.15) is 0 Å². The Morgan fingerprint density at radius 1 is 0.900 bits per heavy atom. The molecule has 0 saturated carbocycles. The highest BCUT2D eigenvalue weighted by Gasteiger charge is 2.28. The first-order valence-corrected chi connectivity index (χ1v) is 4.78. The van der Waals surface area contributed by atoms with E-state index in [9.17, 15) is 31.5 Å². The standard InChI is InChI=1S/C10H4F5N3O2/c11-3-4(12)6(14)8(7(15)5(3)13)18-10(20)9(19)17-2-1-16/h2H2,(H,17,19)(H,18,20). The van der Waals surface area contributed by atoms with Gasteiger partial charge in [-0.3, -0.25) is 9.59 Å². The van der Waals surface area contributed by atoms with Gasteiger partial charge in [0.15, 0.2) is 23.3 Å². The van der Waals surface area contributed by atoms with Gasteiger partial charge < -0.3 is 10.6 Å². The van der Waals surface area contributed by atoms with E-state index in [1.165, 1.54) is 11.4 Å². The van der Waals surface area contributed by atoms with Crippen molar-refractivity contribution in [2.45, 2.75) is 0 Å². The van der Waals surface area contributed by atoms with Crippen molar-refractivity contribution < 1.29 is 31.5 Å². The molecule has 1 aromatic carbocycles. The zero-order chi connectivity index (χ0) is 15.4. The number of anilines is 1. The van der Waals surface area contributed by atoms with Gasteiger partial charge in [0.2, 0.25) is 5.82 Å². The second-order valence-electron chi connectivity index (χ2n) is 3.24. The molecule has 0 radical (unpaired) electrons. The molecule has 2 amide bonds. The summed E-state index contributed by atoms with van der Waals surface area (Å²) in [6.07, 6.45) is 0. The highest BCUT2D eigenvalue weighted by atomic mass is 19.2. The highest BCUT2D eigenvalue weighted by molar-refractivity contribution is 6.39. The van der Waals surface area contributed by atoms with Crippen LogP contribution in [0.2, 0.25) is 0 Å². The third kappa shape index (κ3) is 2.82. The lowest BCUT2D eigenvalue weighted by molar-refractivity contribution is -0.136. The molecule has 0 spiro atoms. The minimum absolute atomic E-state index is 0.580. The predicted octanol–water partition coefficient (Wildman–Crippen LogP) is 0.960. The maximum Gasteiger partial charge on any atom is 0.313 e. The number of benzene rings is 1. The predicted molar refractivity (Wildman–Crippen MR) is 53.5 cm³/mol. The van der Waals surface area contributed by atoms with E-state index in [1.54, 1.807) is 5.32 Å². The molecule has 0 aliphatic heterocycles. The maximum atomic E-state index is 13.2. The van der Waals surface area contributed by atoms with Gasteiger partial charge in [-0.1, -0.05) is 0 Å². The number of hydrogen-bond acceptors (Lipinski definition) is 3. The Balaban J connectivity index is 3.08. The molecular formula is C10H4F5N3O2. The van der Waals surface area contributed by atoms with Gasteiger partial charge in [0.25, 0.3) is 0 Å². The van der Waals surface area contributed by atoms with Gasteiger partial charge in [-0.25, -0.2) is 22.0 Å². The summed E-state index contributed by atoms with van der Waals surface area (Å²) in [7, 11) is 0. The van der Waals surface area contributed by atoms with E-state index in [1.807, 2.05) is 0 Å². The van der Waals surface area contributed by atoms with Crippen molar-refractivity contribution in [3.63, 3.8) is 0 Å². The van der Waals surface area contributed by atoms with Crippen LogP contribution in [0.5, 0.6) is 0 Å². The van der Waals surface area contributed by atoms with Gasteiger partial charge in [0.1, 0.15) is 12.2 Å². The van der Waals surface area contributed by atoms with Crippen molar-refractivity contribution in [1.82, 2.24) is 5.32 Å². The zero-order valence-electron chi connectivity index (χ0n) is 9.36. The monoisotopic (exact) mass is 293 g/mol. The van der Waals surface area contributed by atoms with E-state index in [-0.39, 0.29) is 0 Å². The van der Waals surface area contributed by atoms with Crippen LogP contribution >= 0.6 is 0 Å². The smallest absolute Gasteiger partial charge is 0.313 e. The number of carbonyl (C=O) groups is 2. The Morgan fingerprint density at radius 2 is 1.35 bits per heavy atom. The Hall–Kier alpha value is -2.70. The molecular weight excluding hydrogens is 289 g/mol. The number of nitrogens with one attached hydrogen (secondary N) is 2. The van der Waals surface area contributed by atoms with Crippen LogP contribution in [0, 0.1) is 40.4 Å². The second-order valence-corrected chi connectivity index (χ2v) is 3.24. The summed E-state index contributed by atoms with van der Waals surface area (Å²) in [5.74, 6) is -14.7. The van der Waals surface area contributed by atoms with E-state index in [0.717, 1.165) is 0 Å². The van der Waals surface area contributed by atoms with Crippen LogP contribution in [0.3, 0.4) is 0 Å². The van der Waals surface area contributed by atoms with Crippen LogP contribution in [-0.2, 0) is 9.59 Å². The lowest BCUT2D eigenvalue weighted by Crippen LogP contribution is -2.36. The van der Waals surface area contributed by atoms with Gasteiger partial charge in [0.05, 0.1) is 6.07 Å². The summed E-state index contributed by atoms with van der Waals surface area (Å²) >= 11 is 0. The minimum Gasteiger partial charge on any atom is -0.335 e. The van der Waals surface area contributed by atoms with E-state index in [0.29, 0.717) is 0 Å². The number of hydrogen-bond donors (Lipinski definition) is 2. The highest BCUT2D eigenvalue weighted by Crippen LogP contribution is 2.26. The molecule has 0 heterocycles. The Bertz CT molecular complexity index is 597. The summed E-state index contributed by atoms with van der Waals surface area (Å²) in [6.45, 7) is -0.580. The van der Waals surface area contributed by atoms with E-state index in [4.69, 9.17) is 5.26 Å². The SMILES string of the molecule is N#CCNC(=O)C(=O)Nc1c(F)c(F)c(F)c(F)c1F. The van der Waals surface area contributed by atoms with E-state index >= 15 is 0 Å². The van der Waals surface area contributed by atoms with Crippen molar-refractivity contribution in [3.8, 4) is 6.07 Å². The number of rotatable bonds is 2. The minimum atomic E-state index is -2.40. The third-order valence-corrected chi connectivity index (χ3v) is 1.98. The van der Waals surface area contributed by atoms with Gasteiger partial charge >= 0.3 is 11.8 Å². The van der Waals surface area contributed by atoms with Crippen molar-refractivity contribution in [3.05, 3.63) is 29.1 Å². The van der Waals surface area contributed by atoms with Crippen molar-refractivity contribution in [1.29, 1.82) is 5.26 Å². The molecule has 1 rings (SSSR count). The summed E-state index contributed by atoms with van der Waals surface area (Å²) in [5, 5.41) is 11.1. The molecule has 1 aromatic rings. The molecule has 20 heavy (non-hydrogen) atoms. The van der Waals surface area contributed by atoms with E-state index < -0.39 is 53.1 Å². The van der Waals surface area contributed by atoms with Crippen LogP contribution in [0.4, 0.5) is 27.6 Å². The Kier molecular flexibility index (Phi) is 4.58. The van der Waals surface area contributed by atoms with Gasteiger partial charge in [-0.05, 0) is 0 Å². The fourth-order valence-corrected chi connectivity index (χ4v) is 1.09. The average Bonchev–Trinajstić information content (AvgIpc) is 2.44. The molecule has 0 fully saturated rings. The molecule has 0 saturated heterocycles. The first-order valence-electron chi connectivity index (χ1n) is 4.78. The van der Waals surface area contributed by atoms with Gasteiger partial charge in [0, 0.05) is 0 Å². The summed E-state index contributed by atoms with van der Waals surface area (Å²) in [4.78, 5) is 22.1. The molecule has 2 N–H and O–H groups in total. The molecule has 0 aliphatic carbocycles. The number of carbonyl (C=O) groups excluding carboxylic acids is 2. The average molecular weight is 293 g/mol. The van der Waals surface area contributed by atoms with Crippen molar-refractivity contribution in [2.24, 2.45) is 0 Å². The molecule has 0 unspecified atom stereocenters. The van der Waals surface area contributed by atoms with Crippen LogP contribution in [0.15, 0.2) is 0 Å². The van der Waals surface area contributed by atoms with Gasteiger partial charge in [-0.15, -0.1) is 0 Å². The second kappa shape index (κ2) is 5.96. The number of halogens is 5. The normalized spacial score (nSPS) is 9.80. The van der Waals surface area contributed by atoms with Crippen molar-refractivity contribution in [2.75, 3.05) is 11.9 Å². The van der Waals surface area contributed by atoms with Crippen molar-refractivity contribution >= 4 is 17.5 Å². The first-order chi connectivity index (χ1) is 9.31. The zero-order valence-corrected chi connectivity index (χ0v) is 9.36. The molecule has 10 heteroatoms. The molecule has 0 bridgehead atoms. The Labute approximate surface area is 108 Å². The van der Waals surface area contributed by atoms with Gasteiger partial charge in [-0.2, -0.15) is 5.26 Å². The molecule has 0 aromatic heterocycles. The molecule has 0 aliphatic rings. The largest absolute Gasteiger partial charge is 0.335 e. The fourth-order valence-electron chi connectivity index (χ4n) is 1.09. The Morgan fingerprint density at radius 3 is 1.80 bits per heavy atom. The lowest BCUT2D eigenvalue weighted by Gasteiger charge is -2.09. The molecule has 0 atom stereocenters. The fraction of sp³-hybridized carbons (Fsp3) is 0.100. The quantitative estimate of drug-likeness (QED) is 0.280. The van der Waals surface area contributed by atoms with Crippen LogP contribution in [0.25, 0.3) is 0 Å². The maximum absolute atomic E-state index is 13.2. The van der Waals surface area contributed by atoms with Crippen LogP contribution in [-0.4, -0.2) is 18.4 Å². The number of nitriles is 1. The molecule has 5 nitrogen and oxygen atoms in total. The topological polar surface area (TPSA) is 82.0 Å². The molecule has 106 valence electrons. The number of amides is 2. The van der Waals surface area contributed by atoms with E-state index in [2.05, 4.69) is 0 Å². The first kappa shape index (κ1) is 15.4. The lowest BCUT2D eigenvalue weighted by atomic mass is 10.2. The summed E-state index contributed by atoms with van der Waals surface area (Å²) in [6, 6.07) is 1.44. The number of nitrogens with zero attached hydrogens (tertiary/aromatic N) is 1.